The van der Waals surface area contributed by atoms with Crippen LogP contribution in [0.25, 0.3) is 0 Å². The molecule has 0 saturated carbocycles. The minimum Gasteiger partial charge on any atom is -0.413 e. The Labute approximate surface area is 107 Å². The normalized spacial score (nSPS) is 31.1. The van der Waals surface area contributed by atoms with Gasteiger partial charge in [-0.05, 0) is 25.0 Å². The second kappa shape index (κ2) is 5.42. The molecule has 0 bridgehead atoms. The second-order valence-corrected chi connectivity index (χ2v) is 4.87. The summed E-state index contributed by atoms with van der Waals surface area (Å²) in [5, 5.41) is 0. The van der Waals surface area contributed by atoms with E-state index in [1.807, 2.05) is 12.2 Å². The predicted octanol–water partition coefficient (Wildman–Crippen LogP) is 1.54. The number of hydrazine groups is 1. The zero-order valence-electron chi connectivity index (χ0n) is 10.4. The van der Waals surface area contributed by atoms with Crippen LogP contribution in [-0.2, 0) is 4.84 Å². The maximum atomic E-state index is 5.12. The molecule has 2 aliphatic carbocycles. The molecule has 2 aliphatic heterocycles. The number of hydrogen-bond acceptors (Lipinski definition) is 4. The number of hydrogen-bond donors (Lipinski definition) is 3. The molecule has 0 spiro atoms. The van der Waals surface area contributed by atoms with Gasteiger partial charge in [0.05, 0.1) is 0 Å². The van der Waals surface area contributed by atoms with E-state index in [0.29, 0.717) is 5.92 Å². The SMILES string of the molecule is C1=CCC2CNNC2=C1.C1=CCC2CNOC2=C1. The van der Waals surface area contributed by atoms with Gasteiger partial charge in [0.1, 0.15) is 5.76 Å². The Morgan fingerprint density at radius 1 is 1.00 bits per heavy atom. The number of nitrogens with one attached hydrogen (secondary N) is 3. The average Bonchev–Trinajstić information content (AvgIpc) is 3.08. The van der Waals surface area contributed by atoms with Crippen molar-refractivity contribution in [1.29, 1.82) is 0 Å². The third-order valence-corrected chi connectivity index (χ3v) is 3.59. The number of rotatable bonds is 0. The molecule has 0 aromatic rings. The first-order valence-electron chi connectivity index (χ1n) is 6.55. The summed E-state index contributed by atoms with van der Waals surface area (Å²) in [5.74, 6) is 2.42. The van der Waals surface area contributed by atoms with Gasteiger partial charge in [0.25, 0.3) is 0 Å². The highest BCUT2D eigenvalue weighted by atomic mass is 16.7. The fraction of sp³-hybridized carbons (Fsp3) is 0.429. The summed E-state index contributed by atoms with van der Waals surface area (Å²) in [6, 6.07) is 0. The van der Waals surface area contributed by atoms with Crippen LogP contribution in [0.5, 0.6) is 0 Å². The molecule has 0 aromatic heterocycles. The summed E-state index contributed by atoms with van der Waals surface area (Å²) < 4.78 is 0. The van der Waals surface area contributed by atoms with Crippen molar-refractivity contribution >= 4 is 0 Å². The van der Waals surface area contributed by atoms with E-state index >= 15 is 0 Å². The third kappa shape index (κ3) is 2.49. The lowest BCUT2D eigenvalue weighted by Gasteiger charge is -2.08. The van der Waals surface area contributed by atoms with Crippen LogP contribution in [0.4, 0.5) is 0 Å². The lowest BCUT2D eigenvalue weighted by Crippen LogP contribution is -2.20. The molecule has 2 atom stereocenters. The number of hydroxylamine groups is 1. The van der Waals surface area contributed by atoms with Crippen molar-refractivity contribution in [3.63, 3.8) is 0 Å². The van der Waals surface area contributed by atoms with E-state index in [0.717, 1.165) is 31.2 Å². The standard InChI is InChI=1S/C7H10N2.C7H9NO/c2*1-2-4-7-6(3-1)5-8-9-7/h1-2,4,6,8-9H,3,5H2;1-2,4,6,8H,3,5H2. The molecule has 4 aliphatic rings. The van der Waals surface area contributed by atoms with Gasteiger partial charge in [-0.2, -0.15) is 5.48 Å². The average molecular weight is 245 g/mol. The predicted molar refractivity (Wildman–Crippen MR) is 70.9 cm³/mol. The van der Waals surface area contributed by atoms with Crippen LogP contribution in [0.15, 0.2) is 47.9 Å². The summed E-state index contributed by atoms with van der Waals surface area (Å²) >= 11 is 0. The minimum absolute atomic E-state index is 0.606. The summed E-state index contributed by atoms with van der Waals surface area (Å²) in [6.45, 7) is 2.05. The molecule has 4 heteroatoms. The Balaban J connectivity index is 0.000000111. The van der Waals surface area contributed by atoms with E-state index in [1.54, 1.807) is 0 Å². The van der Waals surface area contributed by atoms with Gasteiger partial charge in [0.2, 0.25) is 0 Å². The van der Waals surface area contributed by atoms with Crippen LogP contribution in [-0.4, -0.2) is 13.1 Å². The molecular formula is C14H19N3O. The van der Waals surface area contributed by atoms with Crippen LogP contribution < -0.4 is 16.3 Å². The van der Waals surface area contributed by atoms with Crippen molar-refractivity contribution in [2.75, 3.05) is 13.1 Å². The molecule has 2 fully saturated rings. The molecule has 0 aromatic carbocycles. The molecule has 18 heavy (non-hydrogen) atoms. The quantitative estimate of drug-likeness (QED) is 0.606. The monoisotopic (exact) mass is 245 g/mol. The molecule has 0 amide bonds. The maximum absolute atomic E-state index is 5.12. The zero-order chi connectivity index (χ0) is 12.2. The van der Waals surface area contributed by atoms with E-state index in [9.17, 15) is 0 Å². The van der Waals surface area contributed by atoms with Gasteiger partial charge in [0.15, 0.2) is 0 Å². The Bertz CT molecular complexity index is 383. The van der Waals surface area contributed by atoms with E-state index in [2.05, 4.69) is 40.6 Å². The van der Waals surface area contributed by atoms with E-state index in [-0.39, 0.29) is 0 Å². The Hall–Kier alpha value is -1.52. The lowest BCUT2D eigenvalue weighted by atomic mass is 9.99. The van der Waals surface area contributed by atoms with Gasteiger partial charge < -0.3 is 10.3 Å². The van der Waals surface area contributed by atoms with E-state index in [4.69, 9.17) is 4.84 Å². The van der Waals surface area contributed by atoms with Crippen LogP contribution in [0, 0.1) is 11.8 Å². The number of allylic oxidation sites excluding steroid dienone is 6. The first kappa shape index (κ1) is 11.6. The summed E-state index contributed by atoms with van der Waals surface area (Å²) in [5.41, 5.74) is 10.4. The molecule has 2 heterocycles. The van der Waals surface area contributed by atoms with Crippen molar-refractivity contribution < 1.29 is 4.84 Å². The molecule has 3 N–H and O–H groups in total. The third-order valence-electron chi connectivity index (χ3n) is 3.59. The van der Waals surface area contributed by atoms with Crippen molar-refractivity contribution in [3.05, 3.63) is 47.9 Å². The van der Waals surface area contributed by atoms with Gasteiger partial charge >= 0.3 is 0 Å². The largest absolute Gasteiger partial charge is 0.413 e. The number of fused-ring (bicyclic) bond motifs is 2. The molecule has 0 radical (unpaired) electrons. The van der Waals surface area contributed by atoms with Crippen LogP contribution >= 0.6 is 0 Å². The van der Waals surface area contributed by atoms with E-state index < -0.39 is 0 Å². The van der Waals surface area contributed by atoms with Crippen molar-refractivity contribution in [1.82, 2.24) is 16.3 Å². The van der Waals surface area contributed by atoms with Gasteiger partial charge in [-0.25, -0.2) is 5.43 Å². The zero-order valence-corrected chi connectivity index (χ0v) is 10.4. The molecule has 4 nitrogen and oxygen atoms in total. The summed E-state index contributed by atoms with van der Waals surface area (Å²) in [7, 11) is 0. The molecular weight excluding hydrogens is 226 g/mol. The molecule has 2 unspecified atom stereocenters. The second-order valence-electron chi connectivity index (χ2n) is 4.87. The Morgan fingerprint density at radius 3 is 2.67 bits per heavy atom. The maximum Gasteiger partial charge on any atom is 0.129 e. The first-order valence-corrected chi connectivity index (χ1v) is 6.55. The van der Waals surface area contributed by atoms with Gasteiger partial charge in [0, 0.05) is 30.6 Å². The highest BCUT2D eigenvalue weighted by Gasteiger charge is 2.22. The smallest absolute Gasteiger partial charge is 0.129 e. The van der Waals surface area contributed by atoms with E-state index in [1.165, 1.54) is 12.1 Å². The molecule has 96 valence electrons. The fourth-order valence-corrected chi connectivity index (χ4v) is 2.48. The van der Waals surface area contributed by atoms with Crippen LogP contribution in [0.1, 0.15) is 12.8 Å². The van der Waals surface area contributed by atoms with Crippen LogP contribution in [0.3, 0.4) is 0 Å². The Morgan fingerprint density at radius 2 is 1.83 bits per heavy atom. The molecule has 2 saturated heterocycles. The van der Waals surface area contributed by atoms with Gasteiger partial charge in [-0.15, -0.1) is 0 Å². The Kier molecular flexibility index (Phi) is 3.48. The first-order chi connectivity index (χ1) is 8.93. The topological polar surface area (TPSA) is 45.3 Å². The fourth-order valence-electron chi connectivity index (χ4n) is 2.48. The minimum atomic E-state index is 0.606. The summed E-state index contributed by atoms with van der Waals surface area (Å²) in [4.78, 5) is 5.12. The summed E-state index contributed by atoms with van der Waals surface area (Å²) in [6.07, 6.45) is 15.0. The van der Waals surface area contributed by atoms with Crippen molar-refractivity contribution in [3.8, 4) is 0 Å². The van der Waals surface area contributed by atoms with Crippen molar-refractivity contribution in [2.45, 2.75) is 12.8 Å². The van der Waals surface area contributed by atoms with Gasteiger partial charge in [-0.3, -0.25) is 0 Å². The van der Waals surface area contributed by atoms with Gasteiger partial charge in [-0.1, -0.05) is 24.3 Å². The highest BCUT2D eigenvalue weighted by Crippen LogP contribution is 2.23. The lowest BCUT2D eigenvalue weighted by molar-refractivity contribution is 0.154. The molecule has 4 rings (SSSR count). The van der Waals surface area contributed by atoms with Crippen LogP contribution in [0.2, 0.25) is 0 Å². The highest BCUT2D eigenvalue weighted by molar-refractivity contribution is 5.21. The van der Waals surface area contributed by atoms with Crippen molar-refractivity contribution in [2.24, 2.45) is 11.8 Å².